The van der Waals surface area contributed by atoms with E-state index >= 15 is 0 Å². The molecule has 0 unspecified atom stereocenters. The van der Waals surface area contributed by atoms with E-state index in [0.29, 0.717) is 5.92 Å². The van der Waals surface area contributed by atoms with Crippen LogP contribution < -0.4 is 0 Å². The van der Waals surface area contributed by atoms with E-state index < -0.39 is 0 Å². The van der Waals surface area contributed by atoms with Gasteiger partial charge in [-0.25, -0.2) is 0 Å². The molecular weight excluding hydrogens is 162 g/mol. The van der Waals surface area contributed by atoms with Gasteiger partial charge in [-0.2, -0.15) is 0 Å². The molecule has 0 amide bonds. The van der Waals surface area contributed by atoms with E-state index in [1.54, 1.807) is 7.11 Å². The predicted molar refractivity (Wildman–Crippen MR) is 57.1 cm³/mol. The van der Waals surface area contributed by atoms with Crippen molar-refractivity contribution in [3.05, 3.63) is 23.7 Å². The quantitative estimate of drug-likeness (QED) is 0.621. The lowest BCUT2D eigenvalue weighted by molar-refractivity contribution is 0.236. The number of hydrogen-bond acceptors (Lipinski definition) is 2. The number of rotatable bonds is 4. The van der Waals surface area contributed by atoms with Crippen LogP contribution >= 0.6 is 0 Å². The molecule has 0 bridgehead atoms. The molecule has 0 rings (SSSR count). The fraction of sp³-hybridized carbons (Fsp3) is 0.636. The van der Waals surface area contributed by atoms with Gasteiger partial charge in [0, 0.05) is 18.7 Å². The first-order chi connectivity index (χ1) is 5.91. The fourth-order valence-corrected chi connectivity index (χ4v) is 1.25. The molecule has 76 valence electrons. The van der Waals surface area contributed by atoms with Gasteiger partial charge in [-0.3, -0.25) is 0 Å². The van der Waals surface area contributed by atoms with Crippen molar-refractivity contribution < 1.29 is 4.74 Å². The van der Waals surface area contributed by atoms with Gasteiger partial charge >= 0.3 is 0 Å². The number of allylic oxidation sites excluding steroid dienone is 3. The molecule has 0 aliphatic heterocycles. The molecule has 0 fully saturated rings. The summed E-state index contributed by atoms with van der Waals surface area (Å²) in [6, 6.07) is 0. The van der Waals surface area contributed by atoms with Crippen LogP contribution in [0.15, 0.2) is 23.7 Å². The van der Waals surface area contributed by atoms with Gasteiger partial charge in [0.15, 0.2) is 0 Å². The standard InChI is InChI=1S/C11H21NO/c1-8(2)11(13-7)10(5)12(6)9(3)4/h8H,3H2,1-2,4-7H3/b11-10-. The van der Waals surface area contributed by atoms with Crippen LogP contribution in [-0.2, 0) is 4.74 Å². The van der Waals surface area contributed by atoms with Crippen molar-refractivity contribution in [1.82, 2.24) is 4.90 Å². The molecule has 0 radical (unpaired) electrons. The summed E-state index contributed by atoms with van der Waals surface area (Å²) in [5.74, 6) is 1.43. The molecule has 0 saturated carbocycles. The molecule has 2 nitrogen and oxygen atoms in total. The van der Waals surface area contributed by atoms with Crippen molar-refractivity contribution >= 4 is 0 Å². The second kappa shape index (κ2) is 4.95. The number of hydrogen-bond donors (Lipinski definition) is 0. The van der Waals surface area contributed by atoms with Crippen molar-refractivity contribution in [2.24, 2.45) is 5.92 Å². The van der Waals surface area contributed by atoms with E-state index in [0.717, 1.165) is 17.2 Å². The highest BCUT2D eigenvalue weighted by atomic mass is 16.5. The number of nitrogens with zero attached hydrogens (tertiary/aromatic N) is 1. The zero-order valence-electron chi connectivity index (χ0n) is 9.64. The molecule has 0 saturated heterocycles. The van der Waals surface area contributed by atoms with Crippen LogP contribution in [0.25, 0.3) is 0 Å². The Kier molecular flexibility index (Phi) is 4.60. The van der Waals surface area contributed by atoms with Crippen LogP contribution in [0.5, 0.6) is 0 Å². The molecule has 0 aliphatic rings. The highest BCUT2D eigenvalue weighted by Gasteiger charge is 2.11. The molecule has 0 N–H and O–H groups in total. The van der Waals surface area contributed by atoms with Crippen LogP contribution in [-0.4, -0.2) is 19.1 Å². The third-order valence-corrected chi connectivity index (χ3v) is 2.18. The molecular formula is C11H21NO. The van der Waals surface area contributed by atoms with Crippen LogP contribution in [0.3, 0.4) is 0 Å². The molecule has 0 aromatic heterocycles. The lowest BCUT2D eigenvalue weighted by atomic mass is 10.1. The van der Waals surface area contributed by atoms with E-state index in [2.05, 4.69) is 20.4 Å². The van der Waals surface area contributed by atoms with E-state index in [1.807, 2.05) is 25.8 Å². The van der Waals surface area contributed by atoms with Crippen molar-refractivity contribution in [1.29, 1.82) is 0 Å². The minimum atomic E-state index is 0.409. The summed E-state index contributed by atoms with van der Waals surface area (Å²) in [6.45, 7) is 12.2. The molecule has 0 heterocycles. The second-order valence-corrected chi connectivity index (χ2v) is 3.60. The molecule has 2 heteroatoms. The maximum Gasteiger partial charge on any atom is 0.117 e. The molecule has 0 aliphatic carbocycles. The van der Waals surface area contributed by atoms with Crippen molar-refractivity contribution in [3.63, 3.8) is 0 Å². The van der Waals surface area contributed by atoms with Gasteiger partial charge in [0.05, 0.1) is 12.8 Å². The Hall–Kier alpha value is -0.920. The van der Waals surface area contributed by atoms with Gasteiger partial charge in [0.25, 0.3) is 0 Å². The van der Waals surface area contributed by atoms with E-state index in [-0.39, 0.29) is 0 Å². The Morgan fingerprint density at radius 3 is 2.00 bits per heavy atom. The summed E-state index contributed by atoms with van der Waals surface area (Å²) in [6.07, 6.45) is 0. The lowest BCUT2D eigenvalue weighted by Crippen LogP contribution is -2.17. The van der Waals surface area contributed by atoms with Crippen LogP contribution in [0.4, 0.5) is 0 Å². The van der Waals surface area contributed by atoms with Crippen molar-refractivity contribution in [3.8, 4) is 0 Å². The first kappa shape index (κ1) is 12.1. The summed E-state index contributed by atoms with van der Waals surface area (Å²) >= 11 is 0. The zero-order valence-corrected chi connectivity index (χ0v) is 9.64. The summed E-state index contributed by atoms with van der Waals surface area (Å²) in [5.41, 5.74) is 2.15. The lowest BCUT2D eigenvalue weighted by Gasteiger charge is -2.24. The fourth-order valence-electron chi connectivity index (χ4n) is 1.25. The van der Waals surface area contributed by atoms with E-state index in [1.165, 1.54) is 0 Å². The van der Waals surface area contributed by atoms with Crippen molar-refractivity contribution in [2.45, 2.75) is 27.7 Å². The van der Waals surface area contributed by atoms with Crippen LogP contribution in [0.2, 0.25) is 0 Å². The largest absolute Gasteiger partial charge is 0.499 e. The van der Waals surface area contributed by atoms with E-state index in [4.69, 9.17) is 4.74 Å². The van der Waals surface area contributed by atoms with Crippen molar-refractivity contribution in [2.75, 3.05) is 14.2 Å². The first-order valence-corrected chi connectivity index (χ1v) is 4.55. The third-order valence-electron chi connectivity index (χ3n) is 2.18. The highest BCUT2D eigenvalue weighted by molar-refractivity contribution is 5.11. The predicted octanol–water partition coefficient (Wildman–Crippen LogP) is 2.99. The summed E-state index contributed by atoms with van der Waals surface area (Å²) in [7, 11) is 3.71. The second-order valence-electron chi connectivity index (χ2n) is 3.60. The first-order valence-electron chi connectivity index (χ1n) is 4.55. The monoisotopic (exact) mass is 183 g/mol. The normalized spacial score (nSPS) is 12.5. The topological polar surface area (TPSA) is 12.5 Å². The summed E-state index contributed by atoms with van der Waals surface area (Å²) < 4.78 is 5.34. The van der Waals surface area contributed by atoms with Gasteiger partial charge < -0.3 is 9.64 Å². The number of ether oxygens (including phenoxy) is 1. The molecule has 0 aromatic carbocycles. The van der Waals surface area contributed by atoms with Crippen LogP contribution in [0.1, 0.15) is 27.7 Å². The molecule has 0 spiro atoms. The number of methoxy groups -OCH3 is 1. The van der Waals surface area contributed by atoms with Gasteiger partial charge in [-0.15, -0.1) is 0 Å². The minimum absolute atomic E-state index is 0.409. The summed E-state index contributed by atoms with van der Waals surface area (Å²) in [4.78, 5) is 2.04. The average molecular weight is 183 g/mol. The van der Waals surface area contributed by atoms with E-state index in [9.17, 15) is 0 Å². The molecule has 0 aromatic rings. The van der Waals surface area contributed by atoms with Crippen LogP contribution in [0, 0.1) is 5.92 Å². The smallest absolute Gasteiger partial charge is 0.117 e. The Balaban J connectivity index is 4.84. The molecule has 0 atom stereocenters. The van der Waals surface area contributed by atoms with Gasteiger partial charge in [-0.1, -0.05) is 20.4 Å². The average Bonchev–Trinajstić information content (AvgIpc) is 2.03. The summed E-state index contributed by atoms with van der Waals surface area (Å²) in [5, 5.41) is 0. The minimum Gasteiger partial charge on any atom is -0.499 e. The maximum atomic E-state index is 5.34. The SMILES string of the molecule is C=C(C)N(C)/C(C)=C(\OC)C(C)C. The van der Waals surface area contributed by atoms with Gasteiger partial charge in [0.2, 0.25) is 0 Å². The maximum absolute atomic E-state index is 5.34. The van der Waals surface area contributed by atoms with Gasteiger partial charge in [0.1, 0.15) is 5.76 Å². The Morgan fingerprint density at radius 2 is 1.77 bits per heavy atom. The Labute approximate surface area is 81.9 Å². The molecule has 13 heavy (non-hydrogen) atoms. The zero-order chi connectivity index (χ0) is 10.6. The van der Waals surface area contributed by atoms with Gasteiger partial charge in [-0.05, 0) is 13.8 Å². The Bertz CT molecular complexity index is 216. The Morgan fingerprint density at radius 1 is 1.31 bits per heavy atom. The highest BCUT2D eigenvalue weighted by Crippen LogP contribution is 2.19. The third kappa shape index (κ3) is 3.13.